The lowest BCUT2D eigenvalue weighted by atomic mass is 10.1. The fourth-order valence-corrected chi connectivity index (χ4v) is 2.51. The molecule has 0 saturated carbocycles. The molecule has 0 spiro atoms. The van der Waals surface area contributed by atoms with Gasteiger partial charge in [-0.1, -0.05) is 0 Å². The van der Waals surface area contributed by atoms with E-state index in [4.69, 9.17) is 10.5 Å². The number of phenols is 1. The van der Waals surface area contributed by atoms with Gasteiger partial charge in [-0.3, -0.25) is 4.90 Å². The predicted molar refractivity (Wildman–Crippen MR) is 75.4 cm³/mol. The first-order valence-corrected chi connectivity index (χ1v) is 6.62. The zero-order chi connectivity index (χ0) is 13.8. The van der Waals surface area contributed by atoms with Gasteiger partial charge in [0.15, 0.2) is 0 Å². The Bertz CT molecular complexity index is 425. The molecule has 1 unspecified atom stereocenters. The van der Waals surface area contributed by atoms with Gasteiger partial charge in [-0.25, -0.2) is 0 Å². The molecule has 1 aromatic rings. The summed E-state index contributed by atoms with van der Waals surface area (Å²) < 4.78 is 5.21. The molecule has 1 aliphatic heterocycles. The van der Waals surface area contributed by atoms with E-state index in [1.54, 1.807) is 19.2 Å². The largest absolute Gasteiger partial charge is 0.508 e. The Labute approximate surface area is 114 Å². The number of ether oxygens (including phenoxy) is 1. The van der Waals surface area contributed by atoms with E-state index < -0.39 is 0 Å². The van der Waals surface area contributed by atoms with Gasteiger partial charge in [0.05, 0.1) is 7.11 Å². The van der Waals surface area contributed by atoms with E-state index in [0.29, 0.717) is 24.9 Å². The average Bonchev–Trinajstić information content (AvgIpc) is 2.43. The lowest BCUT2D eigenvalue weighted by Gasteiger charge is -2.39. The number of methoxy groups -OCH3 is 1. The van der Waals surface area contributed by atoms with Crippen molar-refractivity contribution >= 4 is 0 Å². The Morgan fingerprint density at radius 2 is 2.21 bits per heavy atom. The van der Waals surface area contributed by atoms with Crippen LogP contribution in [0.25, 0.3) is 0 Å². The number of rotatable bonds is 4. The Morgan fingerprint density at radius 3 is 2.89 bits per heavy atom. The maximum absolute atomic E-state index is 9.95. The van der Waals surface area contributed by atoms with Crippen LogP contribution in [0.2, 0.25) is 0 Å². The Balaban J connectivity index is 2.11. The van der Waals surface area contributed by atoms with Crippen LogP contribution in [0.3, 0.4) is 0 Å². The third-order valence-electron chi connectivity index (χ3n) is 3.74. The zero-order valence-corrected chi connectivity index (χ0v) is 11.7. The van der Waals surface area contributed by atoms with Crippen LogP contribution in [-0.2, 0) is 6.54 Å². The summed E-state index contributed by atoms with van der Waals surface area (Å²) in [5, 5.41) is 9.95. The molecular formula is C14H23N3O2. The normalized spacial score (nSPS) is 21.5. The van der Waals surface area contributed by atoms with Crippen LogP contribution in [0.4, 0.5) is 0 Å². The van der Waals surface area contributed by atoms with Crippen LogP contribution in [-0.4, -0.2) is 61.3 Å². The molecule has 1 heterocycles. The number of phenolic OH excluding ortho intramolecular Hbond substituents is 1. The number of benzene rings is 1. The van der Waals surface area contributed by atoms with Crippen molar-refractivity contribution in [1.29, 1.82) is 0 Å². The van der Waals surface area contributed by atoms with E-state index in [1.165, 1.54) is 0 Å². The highest BCUT2D eigenvalue weighted by Crippen LogP contribution is 2.25. The fourth-order valence-electron chi connectivity index (χ4n) is 2.51. The van der Waals surface area contributed by atoms with Crippen LogP contribution < -0.4 is 10.5 Å². The number of likely N-dealkylation sites (N-methyl/N-ethyl adjacent to an activating group) is 1. The van der Waals surface area contributed by atoms with Crippen LogP contribution >= 0.6 is 0 Å². The van der Waals surface area contributed by atoms with Crippen molar-refractivity contribution in [3.8, 4) is 11.5 Å². The molecule has 5 heteroatoms. The third-order valence-corrected chi connectivity index (χ3v) is 3.74. The van der Waals surface area contributed by atoms with Crippen molar-refractivity contribution in [1.82, 2.24) is 9.80 Å². The first-order valence-electron chi connectivity index (χ1n) is 6.62. The van der Waals surface area contributed by atoms with Crippen LogP contribution in [0, 0.1) is 0 Å². The van der Waals surface area contributed by atoms with Gasteiger partial charge >= 0.3 is 0 Å². The summed E-state index contributed by atoms with van der Waals surface area (Å²) in [4.78, 5) is 4.62. The Morgan fingerprint density at radius 1 is 1.42 bits per heavy atom. The van der Waals surface area contributed by atoms with Gasteiger partial charge < -0.3 is 20.5 Å². The van der Waals surface area contributed by atoms with E-state index in [2.05, 4.69) is 16.8 Å². The van der Waals surface area contributed by atoms with E-state index in [0.717, 1.165) is 30.9 Å². The smallest absolute Gasteiger partial charge is 0.120 e. The Hall–Kier alpha value is -1.30. The van der Waals surface area contributed by atoms with Crippen LogP contribution in [0.15, 0.2) is 18.2 Å². The second kappa shape index (κ2) is 6.23. The van der Waals surface area contributed by atoms with E-state index >= 15 is 0 Å². The number of nitrogens with zero attached hydrogens (tertiary/aromatic N) is 2. The lowest BCUT2D eigenvalue weighted by molar-refractivity contribution is 0.0873. The molecule has 1 fully saturated rings. The minimum atomic E-state index is 0.315. The van der Waals surface area contributed by atoms with Gasteiger partial charge in [0.25, 0.3) is 0 Å². The van der Waals surface area contributed by atoms with Crippen LogP contribution in [0.1, 0.15) is 5.56 Å². The molecule has 1 saturated heterocycles. The first-order chi connectivity index (χ1) is 9.13. The molecule has 5 nitrogen and oxygen atoms in total. The third kappa shape index (κ3) is 3.37. The van der Waals surface area contributed by atoms with Crippen molar-refractivity contribution in [2.24, 2.45) is 5.73 Å². The summed E-state index contributed by atoms with van der Waals surface area (Å²) in [6.07, 6.45) is 0. The Kier molecular flexibility index (Phi) is 4.63. The highest BCUT2D eigenvalue weighted by atomic mass is 16.5. The maximum Gasteiger partial charge on any atom is 0.120 e. The standard InChI is InChI=1S/C14H23N3O2/c1-16-5-6-17(12(8-15)10-16)9-11-7-13(19-2)3-4-14(11)18/h3-4,7,12,18H,5-6,8-10,15H2,1-2H3. The van der Waals surface area contributed by atoms with E-state index in [-0.39, 0.29) is 0 Å². The zero-order valence-electron chi connectivity index (χ0n) is 11.7. The van der Waals surface area contributed by atoms with Gasteiger partial charge in [0.1, 0.15) is 11.5 Å². The predicted octanol–water partition coefficient (Wildman–Crippen LogP) is 0.476. The molecule has 1 aliphatic rings. The molecule has 0 aliphatic carbocycles. The highest BCUT2D eigenvalue weighted by Gasteiger charge is 2.24. The van der Waals surface area contributed by atoms with Gasteiger partial charge in [0, 0.05) is 44.3 Å². The SMILES string of the molecule is COc1ccc(O)c(CN2CCN(C)CC2CN)c1. The second-order valence-electron chi connectivity index (χ2n) is 5.12. The van der Waals surface area contributed by atoms with Crippen molar-refractivity contribution < 1.29 is 9.84 Å². The van der Waals surface area contributed by atoms with Gasteiger partial charge in [0.2, 0.25) is 0 Å². The molecular weight excluding hydrogens is 242 g/mol. The maximum atomic E-state index is 9.95. The number of hydrogen-bond acceptors (Lipinski definition) is 5. The summed E-state index contributed by atoms with van der Waals surface area (Å²) in [5.74, 6) is 1.08. The van der Waals surface area contributed by atoms with E-state index in [1.807, 2.05) is 6.07 Å². The number of hydrogen-bond donors (Lipinski definition) is 2. The fraction of sp³-hybridized carbons (Fsp3) is 0.571. The number of nitrogens with two attached hydrogens (primary N) is 1. The summed E-state index contributed by atoms with van der Waals surface area (Å²) in [7, 11) is 3.75. The van der Waals surface area contributed by atoms with E-state index in [9.17, 15) is 5.11 Å². The molecule has 0 aromatic heterocycles. The van der Waals surface area contributed by atoms with Gasteiger partial charge in [-0.2, -0.15) is 0 Å². The molecule has 0 radical (unpaired) electrons. The summed E-state index contributed by atoms with van der Waals surface area (Å²) in [6, 6.07) is 5.68. The molecule has 2 rings (SSSR count). The number of piperazine rings is 1. The average molecular weight is 265 g/mol. The lowest BCUT2D eigenvalue weighted by Crippen LogP contribution is -2.54. The topological polar surface area (TPSA) is 62.0 Å². The second-order valence-corrected chi connectivity index (χ2v) is 5.12. The van der Waals surface area contributed by atoms with Crippen molar-refractivity contribution in [3.63, 3.8) is 0 Å². The summed E-state index contributed by atoms with van der Waals surface area (Å²) in [6.45, 7) is 4.31. The molecule has 1 aromatic carbocycles. The molecule has 0 bridgehead atoms. The summed E-state index contributed by atoms with van der Waals surface area (Å²) in [5.41, 5.74) is 6.74. The molecule has 0 amide bonds. The monoisotopic (exact) mass is 265 g/mol. The van der Waals surface area contributed by atoms with Gasteiger partial charge in [-0.05, 0) is 25.2 Å². The molecule has 1 atom stereocenters. The van der Waals surface area contributed by atoms with Crippen LogP contribution in [0.5, 0.6) is 11.5 Å². The quantitative estimate of drug-likeness (QED) is 0.829. The molecule has 106 valence electrons. The first kappa shape index (κ1) is 14.1. The van der Waals surface area contributed by atoms with Crippen molar-refractivity contribution in [3.05, 3.63) is 23.8 Å². The van der Waals surface area contributed by atoms with Gasteiger partial charge in [-0.15, -0.1) is 0 Å². The summed E-state index contributed by atoms with van der Waals surface area (Å²) >= 11 is 0. The highest BCUT2D eigenvalue weighted by molar-refractivity contribution is 5.39. The van der Waals surface area contributed by atoms with Crippen molar-refractivity contribution in [2.45, 2.75) is 12.6 Å². The molecule has 19 heavy (non-hydrogen) atoms. The van der Waals surface area contributed by atoms with Crippen molar-refractivity contribution in [2.75, 3.05) is 40.3 Å². The minimum absolute atomic E-state index is 0.315. The molecule has 3 N–H and O–H groups in total. The number of aromatic hydroxyl groups is 1. The minimum Gasteiger partial charge on any atom is -0.508 e.